The monoisotopic (exact) mass is 245 g/mol. The van der Waals surface area contributed by atoms with Gasteiger partial charge in [0.15, 0.2) is 0 Å². The first-order valence-corrected chi connectivity index (χ1v) is 5.12. The fourth-order valence-corrected chi connectivity index (χ4v) is 1.20. The van der Waals surface area contributed by atoms with Crippen LogP contribution in [0.2, 0.25) is 0 Å². The molecule has 0 aliphatic carbocycles. The second kappa shape index (κ2) is 5.24. The lowest BCUT2D eigenvalue weighted by atomic mass is 10.2. The van der Waals surface area contributed by atoms with Gasteiger partial charge >= 0.3 is 18.1 Å². The molecule has 2 N–H and O–H groups in total. The predicted molar refractivity (Wildman–Crippen MR) is 48.6 cm³/mol. The SMILES string of the molecule is CSC(C)C(NC(=O)C(F)(F)F)C(=O)O. The zero-order valence-electron chi connectivity index (χ0n) is 7.96. The maximum atomic E-state index is 11.8. The molecular weight excluding hydrogens is 235 g/mol. The van der Waals surface area contributed by atoms with E-state index in [0.29, 0.717) is 0 Å². The van der Waals surface area contributed by atoms with Gasteiger partial charge in [0.05, 0.1) is 0 Å². The van der Waals surface area contributed by atoms with Crippen molar-refractivity contribution in [2.24, 2.45) is 0 Å². The van der Waals surface area contributed by atoms with E-state index in [2.05, 4.69) is 0 Å². The Hall–Kier alpha value is -0.920. The first kappa shape index (κ1) is 14.1. The van der Waals surface area contributed by atoms with E-state index < -0.39 is 29.3 Å². The van der Waals surface area contributed by atoms with Gasteiger partial charge in [0.2, 0.25) is 0 Å². The predicted octanol–water partition coefficient (Wildman–Crippen LogP) is 0.870. The Morgan fingerprint density at radius 1 is 1.40 bits per heavy atom. The highest BCUT2D eigenvalue weighted by Crippen LogP contribution is 2.17. The lowest BCUT2D eigenvalue weighted by Gasteiger charge is -2.20. The van der Waals surface area contributed by atoms with Crippen molar-refractivity contribution < 1.29 is 27.9 Å². The number of alkyl halides is 3. The first-order chi connectivity index (χ1) is 6.70. The highest BCUT2D eigenvalue weighted by atomic mass is 32.2. The summed E-state index contributed by atoms with van der Waals surface area (Å²) in [5.74, 6) is -3.73. The minimum Gasteiger partial charge on any atom is -0.480 e. The summed E-state index contributed by atoms with van der Waals surface area (Å²) in [5, 5.41) is 9.37. The molecule has 0 aromatic rings. The molecule has 0 saturated heterocycles. The third-order valence-electron chi connectivity index (χ3n) is 1.65. The van der Waals surface area contributed by atoms with Gasteiger partial charge in [0.25, 0.3) is 0 Å². The summed E-state index contributed by atoms with van der Waals surface area (Å²) in [6, 6.07) is -1.55. The van der Waals surface area contributed by atoms with Crippen molar-refractivity contribution >= 4 is 23.6 Å². The lowest BCUT2D eigenvalue weighted by molar-refractivity contribution is -0.175. The quantitative estimate of drug-likeness (QED) is 0.771. The average Bonchev–Trinajstić information content (AvgIpc) is 2.10. The number of hydrogen-bond donors (Lipinski definition) is 2. The number of amides is 1. The van der Waals surface area contributed by atoms with Crippen LogP contribution in [0.1, 0.15) is 6.92 Å². The van der Waals surface area contributed by atoms with Gasteiger partial charge in [-0.15, -0.1) is 0 Å². The van der Waals surface area contributed by atoms with E-state index in [1.807, 2.05) is 0 Å². The van der Waals surface area contributed by atoms with Crippen LogP contribution >= 0.6 is 11.8 Å². The molecule has 0 aromatic heterocycles. The molecule has 8 heteroatoms. The van der Waals surface area contributed by atoms with Gasteiger partial charge < -0.3 is 10.4 Å². The van der Waals surface area contributed by atoms with E-state index in [1.165, 1.54) is 12.2 Å². The maximum absolute atomic E-state index is 11.8. The van der Waals surface area contributed by atoms with Crippen LogP contribution in [0.15, 0.2) is 0 Å². The van der Waals surface area contributed by atoms with E-state index in [-0.39, 0.29) is 0 Å². The van der Waals surface area contributed by atoms with Crippen molar-refractivity contribution in [1.82, 2.24) is 5.32 Å². The third kappa shape index (κ3) is 4.41. The van der Waals surface area contributed by atoms with Gasteiger partial charge in [-0.2, -0.15) is 24.9 Å². The van der Waals surface area contributed by atoms with E-state index in [0.717, 1.165) is 11.8 Å². The van der Waals surface area contributed by atoms with Crippen LogP contribution in [-0.2, 0) is 9.59 Å². The summed E-state index contributed by atoms with van der Waals surface area (Å²) < 4.78 is 35.5. The number of carboxylic acids is 1. The van der Waals surface area contributed by atoms with E-state index >= 15 is 0 Å². The standard InChI is InChI=1S/C7H10F3NO3S/c1-3(15-2)4(5(12)13)11-6(14)7(8,9)10/h3-4H,1-2H3,(H,11,14)(H,12,13). The van der Waals surface area contributed by atoms with E-state index in [4.69, 9.17) is 5.11 Å². The zero-order valence-corrected chi connectivity index (χ0v) is 8.78. The van der Waals surface area contributed by atoms with Crippen molar-refractivity contribution in [3.63, 3.8) is 0 Å². The van der Waals surface area contributed by atoms with Crippen molar-refractivity contribution in [3.05, 3.63) is 0 Å². The summed E-state index contributed by atoms with van der Waals surface area (Å²) in [5.41, 5.74) is 0. The molecule has 0 radical (unpaired) electrons. The summed E-state index contributed by atoms with van der Waals surface area (Å²) in [6.07, 6.45) is -3.52. The Balaban J connectivity index is 4.57. The average molecular weight is 245 g/mol. The molecule has 4 nitrogen and oxygen atoms in total. The molecule has 0 saturated carbocycles. The van der Waals surface area contributed by atoms with Crippen molar-refractivity contribution in [3.8, 4) is 0 Å². The Kier molecular flexibility index (Phi) is 4.92. The fraction of sp³-hybridized carbons (Fsp3) is 0.714. The minimum absolute atomic E-state index is 0.645. The van der Waals surface area contributed by atoms with Crippen LogP contribution in [0.3, 0.4) is 0 Å². The van der Waals surface area contributed by atoms with Crippen LogP contribution < -0.4 is 5.32 Å². The molecule has 2 atom stereocenters. The number of carbonyl (C=O) groups excluding carboxylic acids is 1. The number of rotatable bonds is 4. The number of thioether (sulfide) groups is 1. The molecule has 0 aliphatic heterocycles. The molecule has 0 fully saturated rings. The largest absolute Gasteiger partial charge is 0.480 e. The molecule has 0 bridgehead atoms. The van der Waals surface area contributed by atoms with Gasteiger partial charge in [0.1, 0.15) is 6.04 Å². The van der Waals surface area contributed by atoms with Crippen LogP contribution in [0.4, 0.5) is 13.2 Å². The van der Waals surface area contributed by atoms with Crippen LogP contribution in [-0.4, -0.2) is 40.7 Å². The third-order valence-corrected chi connectivity index (χ3v) is 2.67. The number of aliphatic carboxylic acids is 1. The molecule has 0 aliphatic rings. The second-order valence-corrected chi connectivity index (χ2v) is 3.94. The highest BCUT2D eigenvalue weighted by Gasteiger charge is 2.41. The maximum Gasteiger partial charge on any atom is 0.471 e. The molecule has 1 amide bonds. The van der Waals surface area contributed by atoms with Crippen molar-refractivity contribution in [2.75, 3.05) is 6.26 Å². The van der Waals surface area contributed by atoms with Crippen LogP contribution in [0.5, 0.6) is 0 Å². The Morgan fingerprint density at radius 3 is 2.13 bits per heavy atom. The molecular formula is C7H10F3NO3S. The van der Waals surface area contributed by atoms with Gasteiger partial charge in [-0.3, -0.25) is 4.79 Å². The number of halogens is 3. The van der Waals surface area contributed by atoms with Gasteiger partial charge in [-0.25, -0.2) is 4.79 Å². The number of carboxylic acid groups (broad SMARTS) is 1. The zero-order chi connectivity index (χ0) is 12.2. The molecule has 0 spiro atoms. The lowest BCUT2D eigenvalue weighted by Crippen LogP contribution is -2.50. The van der Waals surface area contributed by atoms with Crippen molar-refractivity contribution in [2.45, 2.75) is 24.4 Å². The topological polar surface area (TPSA) is 66.4 Å². The molecule has 0 aromatic carbocycles. The Bertz CT molecular complexity index is 256. The van der Waals surface area contributed by atoms with Crippen LogP contribution in [0.25, 0.3) is 0 Å². The highest BCUT2D eigenvalue weighted by molar-refractivity contribution is 7.99. The summed E-state index contributed by atoms with van der Waals surface area (Å²) in [6.45, 7) is 1.42. The second-order valence-electron chi connectivity index (χ2n) is 2.73. The smallest absolute Gasteiger partial charge is 0.471 e. The number of nitrogens with one attached hydrogen (secondary N) is 1. The minimum atomic E-state index is -5.06. The van der Waals surface area contributed by atoms with Gasteiger partial charge in [0, 0.05) is 5.25 Å². The first-order valence-electron chi connectivity index (χ1n) is 3.83. The molecule has 15 heavy (non-hydrogen) atoms. The Labute approximate surface area is 88.2 Å². The summed E-state index contributed by atoms with van der Waals surface area (Å²) in [7, 11) is 0. The summed E-state index contributed by atoms with van der Waals surface area (Å²) >= 11 is 1.05. The van der Waals surface area contributed by atoms with Crippen LogP contribution in [0, 0.1) is 0 Å². The van der Waals surface area contributed by atoms with E-state index in [9.17, 15) is 22.8 Å². The fourth-order valence-electron chi connectivity index (χ4n) is 0.739. The molecule has 0 rings (SSSR count). The molecule has 0 heterocycles. The Morgan fingerprint density at radius 2 is 1.87 bits per heavy atom. The number of carbonyl (C=O) groups is 2. The number of hydrogen-bond acceptors (Lipinski definition) is 3. The van der Waals surface area contributed by atoms with Gasteiger partial charge in [-0.05, 0) is 6.26 Å². The normalized spacial score (nSPS) is 15.5. The molecule has 2 unspecified atom stereocenters. The summed E-state index contributed by atoms with van der Waals surface area (Å²) in [4.78, 5) is 21.1. The molecule has 88 valence electrons. The van der Waals surface area contributed by atoms with E-state index in [1.54, 1.807) is 6.26 Å². The van der Waals surface area contributed by atoms with Gasteiger partial charge in [-0.1, -0.05) is 6.92 Å². The van der Waals surface area contributed by atoms with Crippen molar-refractivity contribution in [1.29, 1.82) is 0 Å².